The minimum absolute atomic E-state index is 0.204. The average Bonchev–Trinajstić information content (AvgIpc) is 2.47. The van der Waals surface area contributed by atoms with Crippen molar-refractivity contribution in [2.45, 2.75) is 19.1 Å². The number of fused-ring (bicyclic) bond motifs is 1. The summed E-state index contributed by atoms with van der Waals surface area (Å²) in [6.07, 6.45) is 3.56. The highest BCUT2D eigenvalue weighted by molar-refractivity contribution is 9.09. The molecule has 2 aromatic rings. The molecule has 1 aliphatic heterocycles. The maximum Gasteiger partial charge on any atom is 0.180 e. The van der Waals surface area contributed by atoms with E-state index in [9.17, 15) is 0 Å². The van der Waals surface area contributed by atoms with Gasteiger partial charge in [0.1, 0.15) is 11.3 Å². The lowest BCUT2D eigenvalue weighted by Gasteiger charge is -2.38. The summed E-state index contributed by atoms with van der Waals surface area (Å²) < 4.78 is 5.73. The van der Waals surface area contributed by atoms with E-state index in [-0.39, 0.29) is 6.10 Å². The molecule has 2 aromatic heterocycles. The first kappa shape index (κ1) is 12.7. The first-order valence-corrected chi connectivity index (χ1v) is 7.42. The molecule has 0 bridgehead atoms. The zero-order valence-corrected chi connectivity index (χ0v) is 12.2. The van der Waals surface area contributed by atoms with E-state index in [4.69, 9.17) is 4.74 Å². The summed E-state index contributed by atoms with van der Waals surface area (Å²) in [6.45, 7) is 3.70. The number of hydrogen-bond donors (Lipinski definition) is 0. The monoisotopic (exact) mass is 322 g/mol. The number of anilines is 1. The largest absolute Gasteiger partial charge is 0.373 e. The minimum atomic E-state index is 0.204. The molecule has 19 heavy (non-hydrogen) atoms. The van der Waals surface area contributed by atoms with Gasteiger partial charge in [0.2, 0.25) is 0 Å². The standard InChI is InChI=1S/C13H15BrN4O/c1-9-8-19-10(6-14)7-18(9)12-3-2-11-13(17-12)16-5-4-15-11/h2-5,9-10H,6-8H2,1H3. The van der Waals surface area contributed by atoms with E-state index in [0.717, 1.165) is 29.8 Å². The van der Waals surface area contributed by atoms with E-state index in [1.54, 1.807) is 12.4 Å². The molecule has 2 atom stereocenters. The number of aromatic nitrogens is 3. The number of halogens is 1. The van der Waals surface area contributed by atoms with Gasteiger partial charge in [-0.2, -0.15) is 0 Å². The zero-order chi connectivity index (χ0) is 13.2. The molecule has 0 N–H and O–H groups in total. The summed E-state index contributed by atoms with van der Waals surface area (Å²) >= 11 is 3.48. The molecular weight excluding hydrogens is 308 g/mol. The zero-order valence-electron chi connectivity index (χ0n) is 10.7. The van der Waals surface area contributed by atoms with Crippen LogP contribution in [0.25, 0.3) is 11.2 Å². The molecule has 0 aromatic carbocycles. The predicted molar refractivity (Wildman–Crippen MR) is 77.7 cm³/mol. The van der Waals surface area contributed by atoms with Gasteiger partial charge in [-0.25, -0.2) is 9.97 Å². The van der Waals surface area contributed by atoms with E-state index < -0.39 is 0 Å². The number of pyridine rings is 1. The van der Waals surface area contributed by atoms with Crippen LogP contribution in [0.5, 0.6) is 0 Å². The van der Waals surface area contributed by atoms with Crippen LogP contribution in [-0.2, 0) is 4.74 Å². The fraction of sp³-hybridized carbons (Fsp3) is 0.462. The fourth-order valence-corrected chi connectivity index (χ4v) is 2.63. The highest BCUT2D eigenvalue weighted by atomic mass is 79.9. The van der Waals surface area contributed by atoms with Gasteiger partial charge in [0.25, 0.3) is 0 Å². The van der Waals surface area contributed by atoms with E-state index in [1.165, 1.54) is 0 Å². The van der Waals surface area contributed by atoms with Gasteiger partial charge in [0, 0.05) is 24.3 Å². The molecule has 0 radical (unpaired) electrons. The molecule has 1 aliphatic rings. The second-order valence-corrected chi connectivity index (χ2v) is 5.33. The van der Waals surface area contributed by atoms with E-state index in [2.05, 4.69) is 42.7 Å². The third-order valence-electron chi connectivity index (χ3n) is 3.29. The highest BCUT2D eigenvalue weighted by Gasteiger charge is 2.26. The quantitative estimate of drug-likeness (QED) is 0.792. The minimum Gasteiger partial charge on any atom is -0.373 e. The lowest BCUT2D eigenvalue weighted by molar-refractivity contribution is 0.0377. The van der Waals surface area contributed by atoms with Gasteiger partial charge in [-0.15, -0.1) is 0 Å². The Morgan fingerprint density at radius 3 is 3.05 bits per heavy atom. The summed E-state index contributed by atoms with van der Waals surface area (Å²) in [4.78, 5) is 15.4. The molecule has 1 saturated heterocycles. The molecule has 100 valence electrons. The molecule has 0 aliphatic carbocycles. The molecule has 0 saturated carbocycles. The summed E-state index contributed by atoms with van der Waals surface area (Å²) in [5.41, 5.74) is 1.51. The van der Waals surface area contributed by atoms with Crippen LogP contribution in [0.15, 0.2) is 24.5 Å². The molecular formula is C13H15BrN4O. The number of hydrogen-bond acceptors (Lipinski definition) is 5. The Bertz CT molecular complexity index is 579. The highest BCUT2D eigenvalue weighted by Crippen LogP contribution is 2.22. The van der Waals surface area contributed by atoms with Gasteiger partial charge >= 0.3 is 0 Å². The maximum atomic E-state index is 5.73. The smallest absolute Gasteiger partial charge is 0.180 e. The van der Waals surface area contributed by atoms with Crippen LogP contribution in [-0.4, -0.2) is 45.6 Å². The van der Waals surface area contributed by atoms with Crippen molar-refractivity contribution in [3.8, 4) is 0 Å². The third-order valence-corrected chi connectivity index (χ3v) is 4.01. The Hall–Kier alpha value is -1.27. The van der Waals surface area contributed by atoms with Crippen molar-refractivity contribution in [1.29, 1.82) is 0 Å². The Labute approximate surface area is 120 Å². The van der Waals surface area contributed by atoms with E-state index >= 15 is 0 Å². The Balaban J connectivity index is 1.93. The van der Waals surface area contributed by atoms with Gasteiger partial charge in [-0.05, 0) is 19.1 Å². The molecule has 0 amide bonds. The normalized spacial score (nSPS) is 23.8. The first-order chi connectivity index (χ1) is 9.28. The molecule has 3 heterocycles. The van der Waals surface area contributed by atoms with E-state index in [1.807, 2.05) is 12.1 Å². The number of ether oxygens (including phenoxy) is 1. The van der Waals surface area contributed by atoms with Gasteiger partial charge in [0.05, 0.1) is 18.8 Å². The molecule has 5 nitrogen and oxygen atoms in total. The summed E-state index contributed by atoms with van der Waals surface area (Å²) in [5.74, 6) is 0.940. The first-order valence-electron chi connectivity index (χ1n) is 6.30. The number of alkyl halides is 1. The fourth-order valence-electron chi connectivity index (χ4n) is 2.23. The SMILES string of the molecule is CC1COC(CBr)CN1c1ccc2nccnc2n1. The number of rotatable bonds is 2. The molecule has 1 fully saturated rings. The van der Waals surface area contributed by atoms with Crippen LogP contribution in [0.1, 0.15) is 6.92 Å². The molecule has 3 rings (SSSR count). The lowest BCUT2D eigenvalue weighted by Crippen LogP contribution is -2.49. The van der Waals surface area contributed by atoms with Gasteiger partial charge in [-0.3, -0.25) is 4.98 Å². The second-order valence-electron chi connectivity index (χ2n) is 4.68. The van der Waals surface area contributed by atoms with Crippen molar-refractivity contribution in [1.82, 2.24) is 15.0 Å². The van der Waals surface area contributed by atoms with Crippen LogP contribution in [0.2, 0.25) is 0 Å². The second kappa shape index (κ2) is 5.38. The van der Waals surface area contributed by atoms with Crippen molar-refractivity contribution in [3.05, 3.63) is 24.5 Å². The lowest BCUT2D eigenvalue weighted by atomic mass is 10.2. The summed E-state index contributed by atoms with van der Waals surface area (Å²) in [6, 6.07) is 4.29. The van der Waals surface area contributed by atoms with Gasteiger partial charge in [0.15, 0.2) is 5.65 Å². The Morgan fingerprint density at radius 1 is 1.37 bits per heavy atom. The Kier molecular flexibility index (Phi) is 3.61. The number of morpholine rings is 1. The molecule has 2 unspecified atom stereocenters. The number of nitrogens with zero attached hydrogens (tertiary/aromatic N) is 4. The van der Waals surface area contributed by atoms with Crippen LogP contribution in [0.4, 0.5) is 5.82 Å². The van der Waals surface area contributed by atoms with Crippen molar-refractivity contribution in [2.24, 2.45) is 0 Å². The molecule has 6 heteroatoms. The maximum absolute atomic E-state index is 5.73. The topological polar surface area (TPSA) is 51.1 Å². The van der Waals surface area contributed by atoms with Crippen molar-refractivity contribution in [3.63, 3.8) is 0 Å². The van der Waals surface area contributed by atoms with Crippen LogP contribution in [0, 0.1) is 0 Å². The van der Waals surface area contributed by atoms with Crippen molar-refractivity contribution in [2.75, 3.05) is 23.4 Å². The van der Waals surface area contributed by atoms with Crippen molar-refractivity contribution >= 4 is 32.9 Å². The van der Waals surface area contributed by atoms with E-state index in [0.29, 0.717) is 11.7 Å². The third kappa shape index (κ3) is 2.55. The van der Waals surface area contributed by atoms with Gasteiger partial charge < -0.3 is 9.64 Å². The average molecular weight is 323 g/mol. The Morgan fingerprint density at radius 2 is 2.21 bits per heavy atom. The van der Waals surface area contributed by atoms with Crippen LogP contribution in [0.3, 0.4) is 0 Å². The van der Waals surface area contributed by atoms with Gasteiger partial charge in [-0.1, -0.05) is 15.9 Å². The van der Waals surface area contributed by atoms with Crippen molar-refractivity contribution < 1.29 is 4.74 Å². The summed E-state index contributed by atoms with van der Waals surface area (Å²) in [5, 5.41) is 0.837. The summed E-state index contributed by atoms with van der Waals surface area (Å²) in [7, 11) is 0. The predicted octanol–water partition coefficient (Wildman–Crippen LogP) is 2.01. The van der Waals surface area contributed by atoms with Crippen LogP contribution >= 0.6 is 15.9 Å². The van der Waals surface area contributed by atoms with Crippen LogP contribution < -0.4 is 4.90 Å². The molecule has 0 spiro atoms.